The minimum absolute atomic E-state index is 0.0196. The maximum atomic E-state index is 12.5. The molecule has 2 atom stereocenters. The number of fused-ring (bicyclic) bond motifs is 3. The molecule has 0 amide bonds. The first-order valence-electron chi connectivity index (χ1n) is 6.72. The number of carbonyl (C=O) groups is 2. The Bertz CT molecular complexity index is 895. The summed E-state index contributed by atoms with van der Waals surface area (Å²) < 4.78 is 34.9. The third-order valence-corrected chi connectivity index (χ3v) is 4.88. The maximum Gasteiger partial charge on any atom is 0.211 e. The van der Waals surface area contributed by atoms with Crippen molar-refractivity contribution >= 4 is 21.7 Å². The minimum atomic E-state index is -4.75. The van der Waals surface area contributed by atoms with Crippen molar-refractivity contribution in [1.29, 1.82) is 0 Å². The molecule has 0 saturated carbocycles. The minimum Gasteiger partial charge on any atom is -0.748 e. The Morgan fingerprint density at radius 1 is 1.35 bits per heavy atom. The largest absolute Gasteiger partial charge is 0.748 e. The van der Waals surface area contributed by atoms with Crippen molar-refractivity contribution in [2.75, 3.05) is 0 Å². The molecule has 0 unspecified atom stereocenters. The summed E-state index contributed by atoms with van der Waals surface area (Å²) in [4.78, 5) is 24.9. The van der Waals surface area contributed by atoms with E-state index < -0.39 is 39.6 Å². The summed E-state index contributed by atoms with van der Waals surface area (Å²) in [6, 6.07) is -0.769. The van der Waals surface area contributed by atoms with E-state index in [9.17, 15) is 27.7 Å². The Morgan fingerprint density at radius 3 is 2.52 bits per heavy atom. The Kier molecular flexibility index (Phi) is 3.27. The third kappa shape index (κ3) is 2.14. The van der Waals surface area contributed by atoms with E-state index in [4.69, 9.17) is 11.5 Å². The number of aliphatic hydroxyl groups excluding tert-OH is 1. The van der Waals surface area contributed by atoms with Crippen LogP contribution in [0.15, 0.2) is 11.3 Å². The summed E-state index contributed by atoms with van der Waals surface area (Å²) in [5.41, 5.74) is 10.7. The van der Waals surface area contributed by atoms with Crippen molar-refractivity contribution in [3.8, 4) is 0 Å². The average Bonchev–Trinajstić information content (AvgIpc) is 2.89. The van der Waals surface area contributed by atoms with Gasteiger partial charge in [-0.2, -0.15) is 0 Å². The van der Waals surface area contributed by atoms with Crippen LogP contribution in [0.3, 0.4) is 0 Å². The lowest BCUT2D eigenvalue weighted by atomic mass is 9.90. The van der Waals surface area contributed by atoms with Crippen molar-refractivity contribution in [3.63, 3.8) is 0 Å². The fourth-order valence-corrected chi connectivity index (χ4v) is 3.78. The summed E-state index contributed by atoms with van der Waals surface area (Å²) in [5.74, 6) is -2.29. The van der Waals surface area contributed by atoms with Crippen LogP contribution in [0.5, 0.6) is 0 Å². The molecule has 1 aliphatic carbocycles. The number of aromatic nitrogens is 1. The molecule has 0 bridgehead atoms. The first-order valence-corrected chi connectivity index (χ1v) is 8.30. The molecule has 1 aromatic rings. The van der Waals surface area contributed by atoms with Crippen LogP contribution in [-0.2, 0) is 22.4 Å². The van der Waals surface area contributed by atoms with E-state index in [0.29, 0.717) is 0 Å². The van der Waals surface area contributed by atoms with Gasteiger partial charge in [-0.3, -0.25) is 9.59 Å². The standard InChI is InChI=1S/C13H15N3O6S/c1-4-8(15)13(19)7-5(3-23(20,21)22)9-12(18)6(14)2-16(9)10(7)11(4)17/h6,12,18H,2-3,14-15H2,1H3,(H,20,21,22)/p-1/t6-,12+/m0/s1. The number of hydrogen-bond acceptors (Lipinski definition) is 8. The molecular weight excluding hydrogens is 326 g/mol. The van der Waals surface area contributed by atoms with Crippen LogP contribution in [0.4, 0.5) is 0 Å². The molecule has 1 aliphatic heterocycles. The number of nitrogens with two attached hydrogens (primary N) is 2. The Balaban J connectivity index is 2.36. The van der Waals surface area contributed by atoms with Crippen LogP contribution >= 0.6 is 0 Å². The van der Waals surface area contributed by atoms with Crippen LogP contribution in [0, 0.1) is 0 Å². The van der Waals surface area contributed by atoms with Crippen LogP contribution in [0.25, 0.3) is 0 Å². The molecule has 0 saturated heterocycles. The van der Waals surface area contributed by atoms with E-state index >= 15 is 0 Å². The molecule has 0 radical (unpaired) electrons. The molecule has 10 heteroatoms. The van der Waals surface area contributed by atoms with Crippen LogP contribution in [0.2, 0.25) is 0 Å². The van der Waals surface area contributed by atoms with E-state index in [1.807, 2.05) is 0 Å². The molecule has 5 N–H and O–H groups in total. The van der Waals surface area contributed by atoms with E-state index in [1.165, 1.54) is 11.5 Å². The van der Waals surface area contributed by atoms with Gasteiger partial charge in [0, 0.05) is 17.7 Å². The average molecular weight is 340 g/mol. The van der Waals surface area contributed by atoms with E-state index in [2.05, 4.69) is 0 Å². The van der Waals surface area contributed by atoms with Crippen LogP contribution in [0.1, 0.15) is 45.1 Å². The van der Waals surface area contributed by atoms with Crippen molar-refractivity contribution < 1.29 is 27.7 Å². The van der Waals surface area contributed by atoms with Gasteiger partial charge >= 0.3 is 0 Å². The Hall–Kier alpha value is -2.01. The summed E-state index contributed by atoms with van der Waals surface area (Å²) in [6.45, 7) is 1.41. The molecule has 0 fully saturated rings. The van der Waals surface area contributed by atoms with Gasteiger partial charge in [-0.25, -0.2) is 8.42 Å². The number of carbonyl (C=O) groups excluding carboxylic acids is 2. The molecule has 2 aliphatic rings. The zero-order valence-corrected chi connectivity index (χ0v) is 12.9. The molecule has 124 valence electrons. The predicted octanol–water partition coefficient (Wildman–Crippen LogP) is -1.48. The highest BCUT2D eigenvalue weighted by Crippen LogP contribution is 2.39. The van der Waals surface area contributed by atoms with Crippen LogP contribution in [-0.4, -0.2) is 40.3 Å². The second-order valence-corrected chi connectivity index (χ2v) is 7.11. The highest BCUT2D eigenvalue weighted by Gasteiger charge is 2.43. The number of rotatable bonds is 2. The zero-order valence-electron chi connectivity index (χ0n) is 12.1. The third-order valence-electron chi connectivity index (χ3n) is 4.24. The van der Waals surface area contributed by atoms with Gasteiger partial charge in [0.1, 0.15) is 11.8 Å². The maximum absolute atomic E-state index is 12.5. The number of Topliss-reactive ketones (excluding diaryl/α,β-unsaturated/α-hetero) is 2. The molecule has 1 aromatic heterocycles. The quantitative estimate of drug-likeness (QED) is 0.547. The lowest BCUT2D eigenvalue weighted by molar-refractivity contribution is 0.0967. The van der Waals surface area contributed by atoms with E-state index in [-0.39, 0.29) is 40.3 Å². The summed E-state index contributed by atoms with van der Waals surface area (Å²) >= 11 is 0. The van der Waals surface area contributed by atoms with Gasteiger partial charge in [-0.1, -0.05) is 0 Å². The first kappa shape index (κ1) is 15.9. The summed E-state index contributed by atoms with van der Waals surface area (Å²) in [5, 5.41) is 10.2. The number of allylic oxidation sites excluding steroid dienone is 2. The zero-order chi connectivity index (χ0) is 17.3. The second kappa shape index (κ2) is 4.74. The van der Waals surface area contributed by atoms with Gasteiger partial charge in [0.25, 0.3) is 0 Å². The van der Waals surface area contributed by atoms with Gasteiger partial charge in [0.15, 0.2) is 0 Å². The highest BCUT2D eigenvalue weighted by atomic mass is 32.2. The smallest absolute Gasteiger partial charge is 0.211 e. The monoisotopic (exact) mass is 340 g/mol. The highest BCUT2D eigenvalue weighted by molar-refractivity contribution is 7.84. The lowest BCUT2D eigenvalue weighted by Gasteiger charge is -2.18. The number of aliphatic hydroxyl groups is 1. The Morgan fingerprint density at radius 2 is 1.96 bits per heavy atom. The molecule has 9 nitrogen and oxygen atoms in total. The summed E-state index contributed by atoms with van der Waals surface area (Å²) in [7, 11) is -4.75. The van der Waals surface area contributed by atoms with E-state index in [1.54, 1.807) is 0 Å². The van der Waals surface area contributed by atoms with Gasteiger partial charge < -0.3 is 25.7 Å². The topological polar surface area (TPSA) is 169 Å². The number of ketones is 2. The lowest BCUT2D eigenvalue weighted by Crippen LogP contribution is -2.30. The fraction of sp³-hybridized carbons (Fsp3) is 0.385. The second-order valence-electron chi connectivity index (χ2n) is 5.71. The molecule has 2 heterocycles. The molecular formula is C13H14N3O6S-. The van der Waals surface area contributed by atoms with Gasteiger partial charge in [0.2, 0.25) is 11.6 Å². The number of nitrogens with zero attached hydrogens (tertiary/aromatic N) is 1. The SMILES string of the molecule is CC1=C(N)C(=O)c2c(CS(=O)(=O)[O-])c3n(c2C1=O)C[C@H](N)[C@H]3O. The van der Waals surface area contributed by atoms with Gasteiger partial charge in [-0.05, 0) is 6.92 Å². The molecule has 23 heavy (non-hydrogen) atoms. The van der Waals surface area contributed by atoms with Gasteiger partial charge in [0.05, 0.1) is 38.9 Å². The summed E-state index contributed by atoms with van der Waals surface area (Å²) in [6.07, 6.45) is -1.28. The van der Waals surface area contributed by atoms with Crippen LogP contribution < -0.4 is 11.5 Å². The van der Waals surface area contributed by atoms with Crippen molar-refractivity contribution in [2.24, 2.45) is 11.5 Å². The normalized spacial score (nSPS) is 24.2. The first-order chi connectivity index (χ1) is 10.5. The molecule has 3 rings (SSSR count). The van der Waals surface area contributed by atoms with E-state index in [0.717, 1.165) is 0 Å². The molecule has 0 spiro atoms. The van der Waals surface area contributed by atoms with Crippen molar-refractivity contribution in [3.05, 3.63) is 33.8 Å². The van der Waals surface area contributed by atoms with Gasteiger partial charge in [-0.15, -0.1) is 0 Å². The fourth-order valence-electron chi connectivity index (χ4n) is 3.14. The van der Waals surface area contributed by atoms with Crippen molar-refractivity contribution in [2.45, 2.75) is 31.4 Å². The predicted molar refractivity (Wildman–Crippen MR) is 76.3 cm³/mol. The molecule has 0 aromatic carbocycles. The van der Waals surface area contributed by atoms with Crippen molar-refractivity contribution in [1.82, 2.24) is 4.57 Å². The number of hydrogen-bond donors (Lipinski definition) is 3. The Labute approximate surface area is 131 Å².